The highest BCUT2D eigenvalue weighted by atomic mass is 19.1. The van der Waals surface area contributed by atoms with E-state index in [1.54, 1.807) is 0 Å². The van der Waals surface area contributed by atoms with Gasteiger partial charge < -0.3 is 16.4 Å². The van der Waals surface area contributed by atoms with Crippen molar-refractivity contribution in [3.63, 3.8) is 0 Å². The van der Waals surface area contributed by atoms with Gasteiger partial charge in [0.15, 0.2) is 5.69 Å². The topological polar surface area (TPSA) is 92.9 Å². The minimum absolute atomic E-state index is 0.0408. The van der Waals surface area contributed by atoms with Gasteiger partial charge in [-0.15, -0.1) is 10.2 Å². The summed E-state index contributed by atoms with van der Waals surface area (Å²) in [7, 11) is 0. The zero-order valence-electron chi connectivity index (χ0n) is 14.1. The first-order valence-electron chi connectivity index (χ1n) is 8.24. The van der Waals surface area contributed by atoms with E-state index in [0.29, 0.717) is 5.69 Å². The summed E-state index contributed by atoms with van der Waals surface area (Å²) in [5.41, 5.74) is 8.14. The van der Waals surface area contributed by atoms with E-state index < -0.39 is 17.5 Å². The quantitative estimate of drug-likeness (QED) is 0.659. The fourth-order valence-corrected chi connectivity index (χ4v) is 3.06. The fourth-order valence-electron chi connectivity index (χ4n) is 3.06. The van der Waals surface area contributed by atoms with Gasteiger partial charge in [0.1, 0.15) is 17.3 Å². The maximum absolute atomic E-state index is 14.1. The van der Waals surface area contributed by atoms with E-state index in [1.165, 1.54) is 17.7 Å². The third kappa shape index (κ3) is 3.22. The molecule has 27 heavy (non-hydrogen) atoms. The van der Waals surface area contributed by atoms with E-state index in [9.17, 15) is 13.6 Å². The molecule has 1 aliphatic heterocycles. The molecule has 1 amide bonds. The van der Waals surface area contributed by atoms with Crippen LogP contribution in [-0.2, 0) is 13.1 Å². The first kappa shape index (κ1) is 17.0. The van der Waals surface area contributed by atoms with Crippen molar-refractivity contribution in [1.82, 2.24) is 15.5 Å². The zero-order chi connectivity index (χ0) is 19.0. The van der Waals surface area contributed by atoms with Crippen LogP contribution in [0.3, 0.4) is 0 Å². The van der Waals surface area contributed by atoms with Gasteiger partial charge in [0.05, 0.1) is 11.3 Å². The van der Waals surface area contributed by atoms with E-state index >= 15 is 0 Å². The molecule has 4 N–H and O–H groups in total. The van der Waals surface area contributed by atoms with Gasteiger partial charge in [0.25, 0.3) is 5.91 Å². The molecular weight excluding hydrogens is 352 g/mol. The molecule has 2 aromatic carbocycles. The van der Waals surface area contributed by atoms with Gasteiger partial charge in [-0.25, -0.2) is 8.78 Å². The summed E-state index contributed by atoms with van der Waals surface area (Å²) < 4.78 is 28.2. The molecule has 0 aliphatic carbocycles. The van der Waals surface area contributed by atoms with Crippen LogP contribution >= 0.6 is 0 Å². The summed E-state index contributed by atoms with van der Waals surface area (Å²) in [5.74, 6) is -2.34. The molecule has 136 valence electrons. The molecule has 0 bridgehead atoms. The first-order chi connectivity index (χ1) is 13.0. The highest BCUT2D eigenvalue weighted by molar-refractivity contribution is 5.97. The summed E-state index contributed by atoms with van der Waals surface area (Å²) in [6.45, 7) is 1.55. The standard InChI is InChI=1S/C19H15F2N5O/c20-13-2-1-3-14(21)17(13)15-7-16(18(19(22)27)26-25-15)24-12-5-4-10-8-23-9-11(10)6-12/h1-7,23H,8-9H2,(H2,22,27)(H,24,25). The van der Waals surface area contributed by atoms with Crippen LogP contribution in [0.25, 0.3) is 11.3 Å². The number of rotatable bonds is 4. The fraction of sp³-hybridized carbons (Fsp3) is 0.105. The lowest BCUT2D eigenvalue weighted by Gasteiger charge is -2.12. The number of amides is 1. The average molecular weight is 367 g/mol. The summed E-state index contributed by atoms with van der Waals surface area (Å²) in [5, 5.41) is 13.8. The van der Waals surface area contributed by atoms with Crippen molar-refractivity contribution in [3.05, 3.63) is 70.9 Å². The molecule has 0 spiro atoms. The van der Waals surface area contributed by atoms with Crippen LogP contribution < -0.4 is 16.4 Å². The molecule has 4 rings (SSSR count). The lowest BCUT2D eigenvalue weighted by atomic mass is 10.1. The van der Waals surface area contributed by atoms with Gasteiger partial charge in [-0.3, -0.25) is 4.79 Å². The zero-order valence-corrected chi connectivity index (χ0v) is 14.1. The summed E-state index contributed by atoms with van der Waals surface area (Å²) in [4.78, 5) is 11.7. The molecule has 8 heteroatoms. The van der Waals surface area contributed by atoms with Crippen molar-refractivity contribution in [2.75, 3.05) is 5.32 Å². The monoisotopic (exact) mass is 367 g/mol. The number of anilines is 2. The number of aromatic nitrogens is 2. The van der Waals surface area contributed by atoms with E-state index in [1.807, 2.05) is 18.2 Å². The van der Waals surface area contributed by atoms with Crippen molar-refractivity contribution in [3.8, 4) is 11.3 Å². The van der Waals surface area contributed by atoms with E-state index in [4.69, 9.17) is 5.73 Å². The highest BCUT2D eigenvalue weighted by Crippen LogP contribution is 2.29. The molecule has 1 aliphatic rings. The number of carbonyl (C=O) groups excluding carboxylic acids is 1. The molecular formula is C19H15F2N5O. The lowest BCUT2D eigenvalue weighted by molar-refractivity contribution is 0.0995. The second-order valence-electron chi connectivity index (χ2n) is 6.16. The Kier molecular flexibility index (Phi) is 4.25. The molecule has 2 heterocycles. The van der Waals surface area contributed by atoms with Crippen molar-refractivity contribution in [1.29, 1.82) is 0 Å². The largest absolute Gasteiger partial charge is 0.364 e. The van der Waals surface area contributed by atoms with Crippen LogP contribution in [0.2, 0.25) is 0 Å². The molecule has 0 saturated carbocycles. The van der Waals surface area contributed by atoms with Crippen LogP contribution in [0.1, 0.15) is 21.6 Å². The number of nitrogens with zero attached hydrogens (tertiary/aromatic N) is 2. The SMILES string of the molecule is NC(=O)c1nnc(-c2c(F)cccc2F)cc1Nc1ccc2c(c1)CNC2. The molecule has 0 fully saturated rings. The van der Waals surface area contributed by atoms with Crippen LogP contribution in [0.5, 0.6) is 0 Å². The van der Waals surface area contributed by atoms with Crippen molar-refractivity contribution >= 4 is 17.3 Å². The smallest absolute Gasteiger partial charge is 0.271 e. The number of fused-ring (bicyclic) bond motifs is 1. The number of hydrogen-bond donors (Lipinski definition) is 3. The number of hydrogen-bond acceptors (Lipinski definition) is 5. The average Bonchev–Trinajstić information content (AvgIpc) is 3.09. The van der Waals surface area contributed by atoms with E-state index in [0.717, 1.165) is 30.8 Å². The van der Waals surface area contributed by atoms with Crippen molar-refractivity contribution in [2.24, 2.45) is 5.73 Å². The second kappa shape index (κ2) is 6.73. The Hall–Kier alpha value is -3.39. The number of benzene rings is 2. The first-order valence-corrected chi connectivity index (χ1v) is 8.24. The Labute approximate surface area is 153 Å². The third-order valence-corrected chi connectivity index (χ3v) is 4.36. The number of halogens is 2. The Morgan fingerprint density at radius 1 is 1.04 bits per heavy atom. The van der Waals surface area contributed by atoms with Gasteiger partial charge in [-0.05, 0) is 41.5 Å². The molecule has 6 nitrogen and oxygen atoms in total. The Morgan fingerprint density at radius 3 is 2.52 bits per heavy atom. The lowest BCUT2D eigenvalue weighted by Crippen LogP contribution is -2.16. The van der Waals surface area contributed by atoms with Gasteiger partial charge in [-0.1, -0.05) is 12.1 Å². The predicted octanol–water partition coefficient (Wildman–Crippen LogP) is 2.87. The van der Waals surface area contributed by atoms with Crippen LogP contribution in [-0.4, -0.2) is 16.1 Å². The van der Waals surface area contributed by atoms with Crippen LogP contribution in [0.4, 0.5) is 20.2 Å². The highest BCUT2D eigenvalue weighted by Gasteiger charge is 2.19. The van der Waals surface area contributed by atoms with Gasteiger partial charge >= 0.3 is 0 Å². The minimum Gasteiger partial charge on any atom is -0.364 e. The van der Waals surface area contributed by atoms with Gasteiger partial charge in [0, 0.05) is 18.8 Å². The maximum Gasteiger partial charge on any atom is 0.271 e. The van der Waals surface area contributed by atoms with Crippen molar-refractivity contribution in [2.45, 2.75) is 13.1 Å². The van der Waals surface area contributed by atoms with E-state index in [2.05, 4.69) is 20.8 Å². The normalized spacial score (nSPS) is 12.7. The van der Waals surface area contributed by atoms with Crippen molar-refractivity contribution < 1.29 is 13.6 Å². The molecule has 0 radical (unpaired) electrons. The molecule has 3 aromatic rings. The number of nitrogens with one attached hydrogen (secondary N) is 2. The minimum atomic E-state index is -0.798. The predicted molar refractivity (Wildman–Crippen MR) is 96.2 cm³/mol. The molecule has 0 saturated heterocycles. The number of nitrogens with two attached hydrogens (primary N) is 1. The Morgan fingerprint density at radius 2 is 1.78 bits per heavy atom. The van der Waals surface area contributed by atoms with Crippen LogP contribution in [0, 0.1) is 11.6 Å². The van der Waals surface area contributed by atoms with E-state index in [-0.39, 0.29) is 22.6 Å². The van der Waals surface area contributed by atoms with Gasteiger partial charge in [-0.2, -0.15) is 0 Å². The number of primary amides is 1. The molecule has 0 atom stereocenters. The second-order valence-corrected chi connectivity index (χ2v) is 6.16. The summed E-state index contributed by atoms with van der Waals surface area (Å²) in [6.07, 6.45) is 0. The Balaban J connectivity index is 1.77. The van der Waals surface area contributed by atoms with Crippen LogP contribution in [0.15, 0.2) is 42.5 Å². The molecule has 0 unspecified atom stereocenters. The third-order valence-electron chi connectivity index (χ3n) is 4.36. The summed E-state index contributed by atoms with van der Waals surface area (Å²) in [6, 6.07) is 10.6. The molecule has 1 aromatic heterocycles. The summed E-state index contributed by atoms with van der Waals surface area (Å²) >= 11 is 0. The Bertz CT molecular complexity index is 1030. The number of carbonyl (C=O) groups is 1. The van der Waals surface area contributed by atoms with Gasteiger partial charge in [0.2, 0.25) is 0 Å². The maximum atomic E-state index is 14.1.